The van der Waals surface area contributed by atoms with Crippen LogP contribution in [-0.2, 0) is 10.2 Å². The third kappa shape index (κ3) is 8.47. The highest BCUT2D eigenvalue weighted by molar-refractivity contribution is 5.31. The Bertz CT molecular complexity index is 566. The fraction of sp³-hybridized carbons (Fsp3) is 0.700. The zero-order chi connectivity index (χ0) is 20.9. The molecular formula is C20H30F4O3. The maximum atomic E-state index is 12.7. The van der Waals surface area contributed by atoms with Crippen LogP contribution in [0.5, 0.6) is 5.75 Å². The van der Waals surface area contributed by atoms with Gasteiger partial charge in [-0.15, -0.1) is 0 Å². The van der Waals surface area contributed by atoms with Crippen molar-refractivity contribution in [3.05, 3.63) is 29.8 Å². The highest BCUT2D eigenvalue weighted by Crippen LogP contribution is 2.36. The van der Waals surface area contributed by atoms with Gasteiger partial charge in [0.1, 0.15) is 25.1 Å². The molecule has 1 aromatic carbocycles. The van der Waals surface area contributed by atoms with Gasteiger partial charge in [-0.05, 0) is 34.9 Å². The molecule has 156 valence electrons. The first-order chi connectivity index (χ1) is 12.2. The van der Waals surface area contributed by atoms with Crippen molar-refractivity contribution in [1.29, 1.82) is 0 Å². The largest absolute Gasteiger partial charge is 0.491 e. The molecule has 0 spiro atoms. The number of hydrogen-bond acceptors (Lipinski definition) is 3. The van der Waals surface area contributed by atoms with Crippen molar-refractivity contribution < 1.29 is 32.1 Å². The summed E-state index contributed by atoms with van der Waals surface area (Å²) in [6, 6.07) is 7.46. The first kappa shape index (κ1) is 23.7. The lowest BCUT2D eigenvalue weighted by atomic mass is 9.72. The molecule has 1 N–H and O–H groups in total. The van der Waals surface area contributed by atoms with E-state index in [2.05, 4.69) is 39.4 Å². The third-order valence-corrected chi connectivity index (χ3v) is 3.97. The number of rotatable bonds is 10. The molecule has 1 atom stereocenters. The predicted octanol–water partition coefficient (Wildman–Crippen LogP) is 5.06. The molecule has 0 aliphatic carbocycles. The smallest absolute Gasteiger partial charge is 0.330 e. The zero-order valence-electron chi connectivity index (χ0n) is 16.6. The molecule has 0 aliphatic heterocycles. The molecule has 0 heterocycles. The van der Waals surface area contributed by atoms with Crippen LogP contribution in [-0.4, -0.2) is 43.4 Å². The highest BCUT2D eigenvalue weighted by Gasteiger charge is 2.41. The van der Waals surface area contributed by atoms with E-state index in [0.29, 0.717) is 5.75 Å². The Kier molecular flexibility index (Phi) is 8.11. The van der Waals surface area contributed by atoms with Gasteiger partial charge in [0, 0.05) is 0 Å². The Morgan fingerprint density at radius 1 is 0.963 bits per heavy atom. The second kappa shape index (κ2) is 9.24. The minimum Gasteiger partial charge on any atom is -0.491 e. The van der Waals surface area contributed by atoms with Gasteiger partial charge < -0.3 is 14.6 Å². The van der Waals surface area contributed by atoms with Gasteiger partial charge in [0.25, 0.3) is 0 Å². The molecule has 3 nitrogen and oxygen atoms in total. The van der Waals surface area contributed by atoms with Crippen LogP contribution in [0.25, 0.3) is 0 Å². The van der Waals surface area contributed by atoms with Crippen LogP contribution >= 0.6 is 0 Å². The van der Waals surface area contributed by atoms with Crippen LogP contribution in [0.1, 0.15) is 46.6 Å². The number of alkyl halides is 4. The number of halogens is 4. The number of ether oxygens (including phenoxy) is 2. The Morgan fingerprint density at radius 2 is 1.52 bits per heavy atom. The van der Waals surface area contributed by atoms with Crippen LogP contribution in [0.4, 0.5) is 17.6 Å². The summed E-state index contributed by atoms with van der Waals surface area (Å²) in [6.07, 6.45) is -4.00. The maximum Gasteiger partial charge on any atom is 0.330 e. The number of hydrogen-bond donors (Lipinski definition) is 1. The molecular weight excluding hydrogens is 364 g/mol. The Labute approximate surface area is 158 Å². The maximum absolute atomic E-state index is 12.7. The molecule has 27 heavy (non-hydrogen) atoms. The lowest BCUT2D eigenvalue weighted by Crippen LogP contribution is -2.34. The van der Waals surface area contributed by atoms with Gasteiger partial charge in [0.2, 0.25) is 0 Å². The van der Waals surface area contributed by atoms with Gasteiger partial charge in [-0.2, -0.15) is 8.78 Å². The first-order valence-electron chi connectivity index (χ1n) is 8.88. The van der Waals surface area contributed by atoms with Crippen molar-refractivity contribution in [3.8, 4) is 5.75 Å². The van der Waals surface area contributed by atoms with Crippen molar-refractivity contribution in [2.45, 2.75) is 64.9 Å². The Morgan fingerprint density at radius 3 is 2.00 bits per heavy atom. The van der Waals surface area contributed by atoms with Crippen LogP contribution in [0.15, 0.2) is 24.3 Å². The molecule has 0 saturated heterocycles. The standard InChI is InChI=1S/C20H30F4O3/c1-18(2,3)12-19(4,5)14-6-8-16(9-7-14)27-11-15(25)10-26-13-20(23,24)17(21)22/h6-9,15,17,25H,10-13H2,1-5H3. The van der Waals surface area contributed by atoms with Crippen LogP contribution in [0.3, 0.4) is 0 Å². The molecule has 0 bridgehead atoms. The van der Waals surface area contributed by atoms with Gasteiger partial charge in [-0.3, -0.25) is 0 Å². The summed E-state index contributed by atoms with van der Waals surface area (Å²) in [6.45, 7) is 8.75. The monoisotopic (exact) mass is 394 g/mol. The van der Waals surface area contributed by atoms with Crippen LogP contribution in [0.2, 0.25) is 0 Å². The van der Waals surface area contributed by atoms with E-state index in [1.165, 1.54) is 0 Å². The molecule has 1 rings (SSSR count). The van der Waals surface area contributed by atoms with E-state index in [1.807, 2.05) is 12.1 Å². The highest BCUT2D eigenvalue weighted by atomic mass is 19.3. The van der Waals surface area contributed by atoms with Crippen molar-refractivity contribution >= 4 is 0 Å². The molecule has 1 aromatic rings. The van der Waals surface area contributed by atoms with Gasteiger partial charge in [0.15, 0.2) is 0 Å². The summed E-state index contributed by atoms with van der Waals surface area (Å²) in [5.41, 5.74) is 1.33. The predicted molar refractivity (Wildman–Crippen MR) is 96.8 cm³/mol. The van der Waals surface area contributed by atoms with E-state index in [0.717, 1.165) is 12.0 Å². The molecule has 0 saturated carbocycles. The van der Waals surface area contributed by atoms with E-state index >= 15 is 0 Å². The topological polar surface area (TPSA) is 38.7 Å². The summed E-state index contributed by atoms with van der Waals surface area (Å²) >= 11 is 0. The lowest BCUT2D eigenvalue weighted by molar-refractivity contribution is -0.171. The van der Waals surface area contributed by atoms with Crippen LogP contribution < -0.4 is 4.74 Å². The molecule has 0 radical (unpaired) electrons. The average Bonchev–Trinajstić information content (AvgIpc) is 2.50. The average molecular weight is 394 g/mol. The zero-order valence-corrected chi connectivity index (χ0v) is 16.6. The van der Waals surface area contributed by atoms with Crippen molar-refractivity contribution in [2.75, 3.05) is 19.8 Å². The van der Waals surface area contributed by atoms with E-state index in [9.17, 15) is 22.7 Å². The van der Waals surface area contributed by atoms with Crippen molar-refractivity contribution in [1.82, 2.24) is 0 Å². The third-order valence-electron chi connectivity index (χ3n) is 3.97. The molecule has 0 amide bonds. The molecule has 0 aliphatic rings. The molecule has 1 unspecified atom stereocenters. The minimum atomic E-state index is -4.23. The molecule has 7 heteroatoms. The van der Waals surface area contributed by atoms with E-state index < -0.39 is 31.7 Å². The first-order valence-corrected chi connectivity index (χ1v) is 8.88. The molecule has 0 fully saturated rings. The summed E-state index contributed by atoms with van der Waals surface area (Å²) in [7, 11) is 0. The fourth-order valence-electron chi connectivity index (χ4n) is 3.06. The number of aliphatic hydroxyl groups excluding tert-OH is 1. The lowest BCUT2D eigenvalue weighted by Gasteiger charge is -2.33. The number of benzene rings is 1. The van der Waals surface area contributed by atoms with E-state index in [1.54, 1.807) is 12.1 Å². The normalized spacial score (nSPS) is 14.5. The van der Waals surface area contributed by atoms with Gasteiger partial charge >= 0.3 is 12.3 Å². The summed E-state index contributed by atoms with van der Waals surface area (Å²) in [4.78, 5) is 0. The second-order valence-corrected chi connectivity index (χ2v) is 8.69. The second-order valence-electron chi connectivity index (χ2n) is 8.69. The van der Waals surface area contributed by atoms with E-state index in [4.69, 9.17) is 4.74 Å². The van der Waals surface area contributed by atoms with Gasteiger partial charge in [-0.1, -0.05) is 46.8 Å². The van der Waals surface area contributed by atoms with Gasteiger partial charge in [0.05, 0.1) is 6.61 Å². The molecule has 0 aromatic heterocycles. The van der Waals surface area contributed by atoms with Gasteiger partial charge in [-0.25, -0.2) is 8.78 Å². The van der Waals surface area contributed by atoms with Crippen LogP contribution in [0, 0.1) is 5.41 Å². The fourth-order valence-corrected chi connectivity index (χ4v) is 3.06. The minimum absolute atomic E-state index is 0.0138. The Hall–Kier alpha value is -1.34. The Balaban J connectivity index is 2.47. The summed E-state index contributed by atoms with van der Waals surface area (Å²) < 4.78 is 59.2. The quantitative estimate of drug-likeness (QED) is 0.564. The summed E-state index contributed by atoms with van der Waals surface area (Å²) in [5.74, 6) is -3.71. The summed E-state index contributed by atoms with van der Waals surface area (Å²) in [5, 5.41) is 9.67. The van der Waals surface area contributed by atoms with E-state index in [-0.39, 0.29) is 17.4 Å². The van der Waals surface area contributed by atoms with Crippen molar-refractivity contribution in [3.63, 3.8) is 0 Å². The number of aliphatic hydroxyl groups is 1. The SMILES string of the molecule is CC(C)(C)CC(C)(C)c1ccc(OCC(O)COCC(F)(F)C(F)F)cc1. The van der Waals surface area contributed by atoms with Crippen molar-refractivity contribution in [2.24, 2.45) is 5.41 Å².